The van der Waals surface area contributed by atoms with E-state index in [1.54, 1.807) is 4.74 Å². The van der Waals surface area contributed by atoms with Crippen LogP contribution in [0.2, 0.25) is 0 Å². The molecule has 0 atom stereocenters. The van der Waals surface area contributed by atoms with E-state index in [0.717, 1.165) is 0 Å². The van der Waals surface area contributed by atoms with Crippen LogP contribution in [0.25, 0.3) is 0 Å². The Morgan fingerprint density at radius 1 is 0.293 bits per heavy atom. The van der Waals surface area contributed by atoms with Crippen molar-refractivity contribution in [1.82, 2.24) is 0 Å². The maximum Gasteiger partial charge on any atom is 0.460 e. The molecule has 0 amide bonds. The van der Waals surface area contributed by atoms with Crippen LogP contribution in [-0.4, -0.2) is 107 Å². The molecule has 0 radical (unpaired) electrons. The van der Waals surface area contributed by atoms with Gasteiger partial charge in [0.15, 0.2) is 0 Å². The summed E-state index contributed by atoms with van der Waals surface area (Å²) in [7, 11) is 0. The Morgan fingerprint density at radius 3 is 0.569 bits per heavy atom. The molecule has 0 spiro atoms. The SMILES string of the molecule is C=C(C)C(=O)OC(F)(C(F)(F)C(F)(F)C(F)(F)C(F)(F)C(F)(F)C(F)(F)C(F)(F)C(F)(F)F)C(F)(F)C(F)(F)C(F)(F)C(F)(F)C(F)(F)C(F)(F)C(F)(F)C(F)(F)F. The molecule has 0 fully saturated rings. The zero-order chi connectivity index (χ0) is 48.4. The van der Waals surface area contributed by atoms with Crippen LogP contribution >= 0.6 is 0 Å². The minimum absolute atomic E-state index is 0.465. The average Bonchev–Trinajstić information content (AvgIpc) is 2.98. The smallest absolute Gasteiger partial charge is 0.413 e. The topological polar surface area (TPSA) is 26.3 Å². The van der Waals surface area contributed by atoms with E-state index in [0.29, 0.717) is 0 Å². The molecule has 0 N–H and O–H groups in total. The number of alkyl halides is 35. The van der Waals surface area contributed by atoms with Crippen molar-refractivity contribution < 1.29 is 163 Å². The Hall–Kier alpha value is -3.24. The molecule has 0 bridgehead atoms. The minimum atomic E-state index is -10.2. The fourth-order valence-electron chi connectivity index (χ4n) is 3.27. The molecule has 0 aromatic heterocycles. The standard InChI is InChI=1S/C21H5F35O2/c1-3(2)4(57)58-19(50,15(42,43)11(34,35)7(26,27)5(22,23)9(30,31)13(38,39)17(46,47)20(51,52)53)16(44,45)12(36,37)8(28,29)6(24,25)10(32,33)14(40,41)18(48,49)21(54,55)56/h1H2,2H3. The van der Waals surface area contributed by atoms with Crippen LogP contribution < -0.4 is 0 Å². The number of hydrogen-bond donors (Lipinski definition) is 0. The number of halogens is 35. The quantitative estimate of drug-likeness (QED) is 0.0875. The van der Waals surface area contributed by atoms with Gasteiger partial charge in [-0.3, -0.25) is 0 Å². The predicted molar refractivity (Wildman–Crippen MR) is 106 cm³/mol. The molecule has 0 aromatic carbocycles. The summed E-state index contributed by atoms with van der Waals surface area (Å²) >= 11 is 0. The highest BCUT2D eigenvalue weighted by Crippen LogP contribution is 2.70. The summed E-state index contributed by atoms with van der Waals surface area (Å²) in [6, 6.07) is 0. The normalized spacial score (nSPS) is 16.8. The predicted octanol–water partition coefficient (Wildman–Crippen LogP) is 11.8. The monoisotopic (exact) mass is 954 g/mol. The van der Waals surface area contributed by atoms with Crippen molar-refractivity contribution in [3.05, 3.63) is 12.2 Å². The van der Waals surface area contributed by atoms with Crippen LogP contribution in [0.5, 0.6) is 0 Å². The van der Waals surface area contributed by atoms with E-state index in [1.807, 2.05) is 6.58 Å². The van der Waals surface area contributed by atoms with E-state index in [1.165, 1.54) is 0 Å². The first-order valence-corrected chi connectivity index (χ1v) is 12.3. The van der Waals surface area contributed by atoms with E-state index >= 15 is 4.39 Å². The highest BCUT2D eigenvalue weighted by Gasteiger charge is 3.02. The molecular weight excluding hydrogens is 949 g/mol. The van der Waals surface area contributed by atoms with Gasteiger partial charge in [-0.25, -0.2) is 4.79 Å². The summed E-state index contributed by atoms with van der Waals surface area (Å²) in [5.74, 6) is -152. The summed E-state index contributed by atoms with van der Waals surface area (Å²) in [6.45, 7) is 1.41. The molecule has 0 aliphatic heterocycles. The van der Waals surface area contributed by atoms with Crippen molar-refractivity contribution >= 4 is 5.97 Å². The molecule has 346 valence electrons. The van der Waals surface area contributed by atoms with Crippen molar-refractivity contribution in [2.24, 2.45) is 0 Å². The van der Waals surface area contributed by atoms with Gasteiger partial charge in [-0.1, -0.05) is 6.58 Å². The van der Waals surface area contributed by atoms with Gasteiger partial charge in [0.25, 0.3) is 0 Å². The lowest BCUT2D eigenvalue weighted by atomic mass is 9.82. The van der Waals surface area contributed by atoms with Crippen molar-refractivity contribution in [2.75, 3.05) is 0 Å². The molecular formula is C21H5F35O2. The van der Waals surface area contributed by atoms with Gasteiger partial charge in [-0.05, 0) is 6.92 Å². The maximum absolute atomic E-state index is 15.2. The molecule has 2 nitrogen and oxygen atoms in total. The highest BCUT2D eigenvalue weighted by molar-refractivity contribution is 5.87. The van der Waals surface area contributed by atoms with Gasteiger partial charge in [0.05, 0.1) is 0 Å². The maximum atomic E-state index is 15.2. The Kier molecular flexibility index (Phi) is 12.6. The molecule has 0 unspecified atom stereocenters. The van der Waals surface area contributed by atoms with Crippen LogP contribution in [0.1, 0.15) is 6.92 Å². The summed E-state index contributed by atoms with van der Waals surface area (Å²) in [5, 5.41) is 0. The van der Waals surface area contributed by atoms with Crippen LogP contribution in [0.3, 0.4) is 0 Å². The van der Waals surface area contributed by atoms with Crippen LogP contribution in [0.4, 0.5) is 154 Å². The number of carbonyl (C=O) groups is 1. The number of esters is 1. The zero-order valence-electron chi connectivity index (χ0n) is 25.3. The molecule has 0 aliphatic rings. The zero-order valence-corrected chi connectivity index (χ0v) is 25.3. The van der Waals surface area contributed by atoms with Gasteiger partial charge in [0.1, 0.15) is 0 Å². The lowest BCUT2D eigenvalue weighted by molar-refractivity contribution is -0.501. The Morgan fingerprint density at radius 2 is 0.431 bits per heavy atom. The van der Waals surface area contributed by atoms with E-state index < -0.39 is 120 Å². The fourth-order valence-corrected chi connectivity index (χ4v) is 3.27. The number of rotatable bonds is 16. The van der Waals surface area contributed by atoms with Crippen LogP contribution in [0.15, 0.2) is 12.2 Å². The Labute approximate surface area is 290 Å². The van der Waals surface area contributed by atoms with Crippen molar-refractivity contribution in [1.29, 1.82) is 0 Å². The molecule has 0 aliphatic carbocycles. The van der Waals surface area contributed by atoms with Crippen molar-refractivity contribution in [3.63, 3.8) is 0 Å². The van der Waals surface area contributed by atoms with E-state index in [4.69, 9.17) is 0 Å². The summed E-state index contributed by atoms with van der Waals surface area (Å²) in [4.78, 5) is 11.4. The highest BCUT2D eigenvalue weighted by atomic mass is 19.4. The molecule has 58 heavy (non-hydrogen) atoms. The molecule has 0 rings (SSSR count). The van der Waals surface area contributed by atoms with E-state index in [9.17, 15) is 154 Å². The molecule has 0 saturated heterocycles. The first-order valence-electron chi connectivity index (χ1n) is 12.3. The molecule has 37 heteroatoms. The van der Waals surface area contributed by atoms with Gasteiger partial charge in [0, 0.05) is 5.57 Å². The molecule has 0 aromatic rings. The molecule has 0 saturated carbocycles. The van der Waals surface area contributed by atoms with Crippen molar-refractivity contribution in [2.45, 2.75) is 108 Å². The third kappa shape index (κ3) is 6.30. The summed E-state index contributed by atoms with van der Waals surface area (Å²) in [6.07, 6.45) is -16.9. The second-order valence-corrected chi connectivity index (χ2v) is 10.8. The second kappa shape index (κ2) is 13.4. The number of hydrogen-bond acceptors (Lipinski definition) is 2. The molecule has 0 heterocycles. The summed E-state index contributed by atoms with van der Waals surface area (Å²) in [5.41, 5.74) is -2.45. The third-order valence-electron chi connectivity index (χ3n) is 6.83. The van der Waals surface area contributed by atoms with Crippen molar-refractivity contribution in [3.8, 4) is 0 Å². The number of ether oxygens (including phenoxy) is 1. The first kappa shape index (κ1) is 54.8. The lowest BCUT2D eigenvalue weighted by Crippen LogP contribution is -2.81. The average molecular weight is 954 g/mol. The van der Waals surface area contributed by atoms with E-state index in [2.05, 4.69) is 0 Å². The Bertz CT molecular complexity index is 1460. The Balaban J connectivity index is 8.45. The van der Waals surface area contributed by atoms with E-state index in [-0.39, 0.29) is 0 Å². The summed E-state index contributed by atoms with van der Waals surface area (Å²) < 4.78 is 478. The van der Waals surface area contributed by atoms with Gasteiger partial charge < -0.3 is 4.74 Å². The van der Waals surface area contributed by atoms with Gasteiger partial charge in [-0.2, -0.15) is 154 Å². The largest absolute Gasteiger partial charge is 0.460 e. The lowest BCUT2D eigenvalue weighted by Gasteiger charge is -2.48. The number of carbonyl (C=O) groups excluding carboxylic acids is 1. The van der Waals surface area contributed by atoms with Crippen LogP contribution in [-0.2, 0) is 9.53 Å². The van der Waals surface area contributed by atoms with Gasteiger partial charge in [0.2, 0.25) is 0 Å². The first-order chi connectivity index (χ1) is 24.3. The fraction of sp³-hybridized carbons (Fsp3) is 0.857. The van der Waals surface area contributed by atoms with Gasteiger partial charge in [-0.15, -0.1) is 0 Å². The third-order valence-corrected chi connectivity index (χ3v) is 6.83. The second-order valence-electron chi connectivity index (χ2n) is 10.8. The van der Waals surface area contributed by atoms with Crippen LogP contribution in [0, 0.1) is 0 Å². The van der Waals surface area contributed by atoms with Gasteiger partial charge >= 0.3 is 107 Å². The minimum Gasteiger partial charge on any atom is -0.413 e.